The summed E-state index contributed by atoms with van der Waals surface area (Å²) in [5, 5.41) is 12.5. The first-order valence-corrected chi connectivity index (χ1v) is 12.3. The number of nitrogens with one attached hydrogen (secondary N) is 1. The Morgan fingerprint density at radius 3 is 2.31 bits per heavy atom. The van der Waals surface area contributed by atoms with Crippen molar-refractivity contribution in [3.8, 4) is 11.1 Å². The van der Waals surface area contributed by atoms with Crippen LogP contribution in [0, 0.1) is 11.8 Å². The number of fused-ring (bicyclic) bond motifs is 4. The smallest absolute Gasteiger partial charge is 0.407 e. The number of carboxylic acid groups (broad SMARTS) is 1. The van der Waals surface area contributed by atoms with Gasteiger partial charge in [0.15, 0.2) is 5.60 Å². The standard InChI is InChI=1S/C27H28N2O6/c30-24(29-13-17-11-12-35-27(17,15-29)25(31)32)23(16-9-10-16)28-26(33)34-14-22-20-7-3-1-5-18(20)19-6-2-4-8-21(19)22/h1-8,16-17,22-23H,9-15H2,(H,28,33)(H,31,32). The largest absolute Gasteiger partial charge is 0.479 e. The SMILES string of the molecule is O=C(NC(C(=O)N1CC2CCOC2(C(=O)O)C1)C1CC1)OCC1c2ccccc2-c2ccccc21. The molecule has 3 atom stereocenters. The van der Waals surface area contributed by atoms with Crippen molar-refractivity contribution in [1.29, 1.82) is 0 Å². The highest BCUT2D eigenvalue weighted by Gasteiger charge is 2.58. The van der Waals surface area contributed by atoms with Gasteiger partial charge >= 0.3 is 12.1 Å². The van der Waals surface area contributed by atoms with Crippen LogP contribution in [0.2, 0.25) is 0 Å². The summed E-state index contributed by atoms with van der Waals surface area (Å²) >= 11 is 0. The molecule has 3 unspecified atom stereocenters. The second-order valence-electron chi connectivity index (χ2n) is 10.0. The van der Waals surface area contributed by atoms with Crippen LogP contribution in [0.15, 0.2) is 48.5 Å². The summed E-state index contributed by atoms with van der Waals surface area (Å²) in [4.78, 5) is 39.6. The van der Waals surface area contributed by atoms with Crippen molar-refractivity contribution in [3.63, 3.8) is 0 Å². The van der Waals surface area contributed by atoms with Gasteiger partial charge in [-0.1, -0.05) is 48.5 Å². The zero-order valence-corrected chi connectivity index (χ0v) is 19.3. The van der Waals surface area contributed by atoms with Crippen LogP contribution in [-0.2, 0) is 19.1 Å². The molecule has 2 saturated heterocycles. The monoisotopic (exact) mass is 476 g/mol. The summed E-state index contributed by atoms with van der Waals surface area (Å²) in [6, 6.07) is 15.5. The van der Waals surface area contributed by atoms with Crippen molar-refractivity contribution < 1.29 is 29.0 Å². The minimum atomic E-state index is -1.33. The zero-order chi connectivity index (χ0) is 24.2. The average molecular weight is 477 g/mol. The van der Waals surface area contributed by atoms with Gasteiger partial charge in [0.1, 0.15) is 12.6 Å². The summed E-state index contributed by atoms with van der Waals surface area (Å²) in [5.74, 6) is -1.51. The van der Waals surface area contributed by atoms with E-state index >= 15 is 0 Å². The number of ether oxygens (including phenoxy) is 2. The number of carboxylic acids is 1. The lowest BCUT2D eigenvalue weighted by molar-refractivity contribution is -0.161. The van der Waals surface area contributed by atoms with Crippen molar-refractivity contribution >= 4 is 18.0 Å². The van der Waals surface area contributed by atoms with Crippen LogP contribution >= 0.6 is 0 Å². The van der Waals surface area contributed by atoms with Crippen molar-refractivity contribution in [2.75, 3.05) is 26.3 Å². The van der Waals surface area contributed by atoms with Gasteiger partial charge in [-0.25, -0.2) is 9.59 Å². The maximum atomic E-state index is 13.4. The summed E-state index contributed by atoms with van der Waals surface area (Å²) in [6.45, 7) is 0.915. The molecule has 2 aromatic rings. The summed E-state index contributed by atoms with van der Waals surface area (Å²) in [6.07, 6.45) is 1.68. The lowest BCUT2D eigenvalue weighted by atomic mass is 9.91. The molecule has 35 heavy (non-hydrogen) atoms. The molecule has 0 spiro atoms. The van der Waals surface area contributed by atoms with Gasteiger partial charge in [0.2, 0.25) is 5.91 Å². The van der Waals surface area contributed by atoms with Crippen LogP contribution < -0.4 is 5.32 Å². The van der Waals surface area contributed by atoms with E-state index in [1.54, 1.807) is 4.90 Å². The molecule has 2 aromatic carbocycles. The quantitative estimate of drug-likeness (QED) is 0.664. The number of benzene rings is 2. The minimum Gasteiger partial charge on any atom is -0.479 e. The number of hydrogen-bond donors (Lipinski definition) is 2. The van der Waals surface area contributed by atoms with E-state index in [4.69, 9.17) is 9.47 Å². The van der Waals surface area contributed by atoms with Gasteiger partial charge in [-0.15, -0.1) is 0 Å². The van der Waals surface area contributed by atoms with Crippen LogP contribution in [-0.4, -0.2) is 65.9 Å². The number of amides is 2. The van der Waals surface area contributed by atoms with E-state index in [1.807, 2.05) is 24.3 Å². The molecular formula is C27H28N2O6. The third-order valence-corrected chi connectivity index (χ3v) is 8.00. The normalized spacial score (nSPS) is 25.5. The fraction of sp³-hybridized carbons (Fsp3) is 0.444. The van der Waals surface area contributed by atoms with Crippen LogP contribution in [0.1, 0.15) is 36.3 Å². The third-order valence-electron chi connectivity index (χ3n) is 8.00. The Hall–Kier alpha value is -3.39. The van der Waals surface area contributed by atoms with Gasteiger partial charge in [-0.3, -0.25) is 4.79 Å². The maximum Gasteiger partial charge on any atom is 0.407 e. The van der Waals surface area contributed by atoms with Crippen LogP contribution in [0.4, 0.5) is 4.79 Å². The first kappa shape index (κ1) is 22.1. The van der Waals surface area contributed by atoms with Gasteiger partial charge in [0.25, 0.3) is 0 Å². The van der Waals surface area contributed by atoms with E-state index < -0.39 is 23.7 Å². The third kappa shape index (κ3) is 3.67. The highest BCUT2D eigenvalue weighted by molar-refractivity contribution is 5.89. The topological polar surface area (TPSA) is 105 Å². The fourth-order valence-electron chi connectivity index (χ4n) is 6.01. The molecule has 8 nitrogen and oxygen atoms in total. The van der Waals surface area contributed by atoms with Crippen molar-refractivity contribution in [1.82, 2.24) is 10.2 Å². The molecule has 0 radical (unpaired) electrons. The second kappa shape index (κ2) is 8.37. The molecule has 2 heterocycles. The molecule has 2 aliphatic carbocycles. The number of rotatable bonds is 6. The number of carbonyl (C=O) groups excluding carboxylic acids is 2. The number of nitrogens with zero attached hydrogens (tertiary/aromatic N) is 1. The molecular weight excluding hydrogens is 448 g/mol. The average Bonchev–Trinajstić information content (AvgIpc) is 3.39. The molecule has 0 bridgehead atoms. The molecule has 6 rings (SSSR count). The number of aliphatic carboxylic acids is 1. The Balaban J connectivity index is 1.13. The molecule has 2 N–H and O–H groups in total. The summed E-state index contributed by atoms with van der Waals surface area (Å²) in [7, 11) is 0. The van der Waals surface area contributed by atoms with Gasteiger partial charge in [-0.05, 0) is 47.4 Å². The Morgan fingerprint density at radius 2 is 1.71 bits per heavy atom. The van der Waals surface area contributed by atoms with Gasteiger partial charge in [0, 0.05) is 25.0 Å². The van der Waals surface area contributed by atoms with Gasteiger partial charge in [0.05, 0.1) is 6.54 Å². The van der Waals surface area contributed by atoms with Crippen LogP contribution in [0.25, 0.3) is 11.1 Å². The summed E-state index contributed by atoms with van der Waals surface area (Å²) in [5.41, 5.74) is 3.22. The molecule has 0 aromatic heterocycles. The number of carbonyl (C=O) groups is 3. The van der Waals surface area contributed by atoms with Crippen molar-refractivity contribution in [2.45, 2.75) is 36.8 Å². The van der Waals surface area contributed by atoms with Crippen LogP contribution in [0.5, 0.6) is 0 Å². The first-order chi connectivity index (χ1) is 17.0. The van der Waals surface area contributed by atoms with E-state index in [2.05, 4.69) is 29.6 Å². The summed E-state index contributed by atoms with van der Waals surface area (Å²) < 4.78 is 11.2. The minimum absolute atomic E-state index is 0.0153. The fourth-order valence-corrected chi connectivity index (χ4v) is 6.01. The highest BCUT2D eigenvalue weighted by atomic mass is 16.5. The molecule has 2 amide bonds. The van der Waals surface area contributed by atoms with E-state index in [0.717, 1.165) is 35.1 Å². The Morgan fingerprint density at radius 1 is 1.06 bits per heavy atom. The van der Waals surface area contributed by atoms with Gasteiger partial charge in [-0.2, -0.15) is 0 Å². The molecule has 1 saturated carbocycles. The molecule has 3 fully saturated rings. The van der Waals surface area contributed by atoms with E-state index in [0.29, 0.717) is 19.6 Å². The zero-order valence-electron chi connectivity index (χ0n) is 19.3. The van der Waals surface area contributed by atoms with Crippen LogP contribution in [0.3, 0.4) is 0 Å². The Kier molecular flexibility index (Phi) is 5.29. The highest BCUT2D eigenvalue weighted by Crippen LogP contribution is 2.45. The number of alkyl carbamates (subject to hydrolysis) is 1. The Bertz CT molecular complexity index is 1150. The molecule has 182 valence electrons. The Labute approximate surface area is 203 Å². The predicted molar refractivity (Wildman–Crippen MR) is 126 cm³/mol. The molecule has 2 aliphatic heterocycles. The number of likely N-dealkylation sites (tertiary alicyclic amines) is 1. The van der Waals surface area contributed by atoms with Crippen molar-refractivity contribution in [3.05, 3.63) is 59.7 Å². The van der Waals surface area contributed by atoms with Gasteiger partial charge < -0.3 is 24.8 Å². The maximum absolute atomic E-state index is 13.4. The first-order valence-electron chi connectivity index (χ1n) is 12.3. The van der Waals surface area contributed by atoms with E-state index in [9.17, 15) is 19.5 Å². The molecule has 4 aliphatic rings. The number of hydrogen-bond acceptors (Lipinski definition) is 5. The second-order valence-corrected chi connectivity index (χ2v) is 10.0. The molecule has 8 heteroatoms. The lowest BCUT2D eigenvalue weighted by Crippen LogP contribution is -2.51. The van der Waals surface area contributed by atoms with Crippen molar-refractivity contribution in [2.24, 2.45) is 11.8 Å². The lowest BCUT2D eigenvalue weighted by Gasteiger charge is -2.26. The predicted octanol–water partition coefficient (Wildman–Crippen LogP) is 3.01. The van der Waals surface area contributed by atoms with E-state index in [1.165, 1.54) is 0 Å². The van der Waals surface area contributed by atoms with E-state index in [-0.39, 0.29) is 36.8 Å².